The zero-order valence-electron chi connectivity index (χ0n) is 15.7. The van der Waals surface area contributed by atoms with Gasteiger partial charge in [-0.2, -0.15) is 23.1 Å². The van der Waals surface area contributed by atoms with Crippen LogP contribution in [0.15, 0.2) is 17.1 Å². The van der Waals surface area contributed by atoms with E-state index in [1.807, 2.05) is 0 Å². The largest absolute Gasteiger partial charge is 0.460 e. The minimum absolute atomic E-state index is 0.00377. The number of aliphatic hydroxyl groups excluding tert-OH is 1. The number of aliphatic hydroxyl groups is 1. The van der Waals surface area contributed by atoms with E-state index in [0.717, 1.165) is 12.8 Å². The molecule has 0 saturated heterocycles. The van der Waals surface area contributed by atoms with Crippen LogP contribution < -0.4 is 15.9 Å². The second kappa shape index (κ2) is 7.47. The van der Waals surface area contributed by atoms with Crippen LogP contribution in [-0.4, -0.2) is 38.0 Å². The van der Waals surface area contributed by atoms with Crippen LogP contribution in [-0.2, 0) is 0 Å². The van der Waals surface area contributed by atoms with Crippen molar-refractivity contribution in [2.45, 2.75) is 69.4 Å². The molecule has 0 unspecified atom stereocenters. The number of hydrogen-bond acceptors (Lipinski definition) is 6. The molecule has 2 saturated carbocycles. The summed E-state index contributed by atoms with van der Waals surface area (Å²) in [5.41, 5.74) is 5.93. The van der Waals surface area contributed by atoms with Gasteiger partial charge >= 0.3 is 12.2 Å². The van der Waals surface area contributed by atoms with Crippen molar-refractivity contribution in [3.63, 3.8) is 0 Å². The Labute approximate surface area is 164 Å². The number of hydrogen-bond donors (Lipinski definition) is 2. The fourth-order valence-electron chi connectivity index (χ4n) is 4.39. The Morgan fingerprint density at radius 3 is 2.48 bits per heavy atom. The molecular weight excluding hydrogens is 389 g/mol. The first-order valence-corrected chi connectivity index (χ1v) is 9.84. The summed E-state index contributed by atoms with van der Waals surface area (Å²) in [4.78, 5) is 20.7. The van der Waals surface area contributed by atoms with Crippen LogP contribution in [0.1, 0.15) is 51.0 Å². The van der Waals surface area contributed by atoms with E-state index < -0.39 is 24.3 Å². The van der Waals surface area contributed by atoms with Gasteiger partial charge in [0.15, 0.2) is 11.1 Å². The Bertz CT molecular complexity index is 954. The minimum Gasteiger partial charge on any atom is -0.460 e. The lowest BCUT2D eigenvalue weighted by Gasteiger charge is -2.29. The number of ether oxygens (including phenoxy) is 1. The standard InChI is InChI=1S/C19H23F3N4O3/c20-19(21,22)10-4-6-11(7-5-10)29-18-24-16(23)15-14(28)8-9-26(17(15)25-18)12-2-1-3-13(12)27/h8-13,27H,1-7H2,(H2,23,24,25)/t10?,11?,12-,13-/m0/s1. The maximum absolute atomic E-state index is 12.8. The van der Waals surface area contributed by atoms with E-state index in [-0.39, 0.29) is 60.0 Å². The lowest BCUT2D eigenvalue weighted by atomic mass is 9.87. The SMILES string of the molecule is Nc1nc(OC2CCC(C(F)(F)F)CC2)nc2c1c(=O)ccn2[C@H]1CCC[C@@H]1O. The first kappa shape index (κ1) is 19.9. The van der Waals surface area contributed by atoms with Crippen LogP contribution in [0.4, 0.5) is 19.0 Å². The van der Waals surface area contributed by atoms with Gasteiger partial charge in [-0.3, -0.25) is 4.79 Å². The maximum Gasteiger partial charge on any atom is 0.391 e. The number of aromatic nitrogens is 3. The van der Waals surface area contributed by atoms with Gasteiger partial charge in [-0.25, -0.2) is 0 Å². The second-order valence-corrected chi connectivity index (χ2v) is 7.88. The van der Waals surface area contributed by atoms with Gasteiger partial charge in [0.1, 0.15) is 17.3 Å². The van der Waals surface area contributed by atoms with Gasteiger partial charge in [-0.1, -0.05) is 0 Å². The molecule has 4 rings (SSSR count). The van der Waals surface area contributed by atoms with E-state index in [1.54, 1.807) is 10.8 Å². The molecule has 0 aliphatic heterocycles. The Morgan fingerprint density at radius 1 is 1.14 bits per heavy atom. The molecule has 2 heterocycles. The maximum atomic E-state index is 12.8. The summed E-state index contributed by atoms with van der Waals surface area (Å²) in [6, 6.07) is 1.08. The summed E-state index contributed by atoms with van der Waals surface area (Å²) in [5, 5.41) is 10.4. The number of halogens is 3. The predicted molar refractivity (Wildman–Crippen MR) is 99.5 cm³/mol. The normalized spacial score (nSPS) is 28.0. The Hall–Kier alpha value is -2.36. The van der Waals surface area contributed by atoms with Crippen molar-refractivity contribution < 1.29 is 23.0 Å². The van der Waals surface area contributed by atoms with Crippen LogP contribution in [0.2, 0.25) is 0 Å². The zero-order chi connectivity index (χ0) is 20.8. The number of pyridine rings is 1. The molecule has 10 heteroatoms. The van der Waals surface area contributed by atoms with E-state index in [2.05, 4.69) is 9.97 Å². The van der Waals surface area contributed by atoms with Gasteiger partial charge in [0, 0.05) is 12.3 Å². The third kappa shape index (κ3) is 3.90. The molecule has 3 N–H and O–H groups in total. The van der Waals surface area contributed by atoms with Crippen molar-refractivity contribution in [1.82, 2.24) is 14.5 Å². The summed E-state index contributed by atoms with van der Waals surface area (Å²) in [6.07, 6.45) is -0.876. The molecule has 0 bridgehead atoms. The molecule has 2 aromatic heterocycles. The number of alkyl halides is 3. The van der Waals surface area contributed by atoms with E-state index in [9.17, 15) is 23.1 Å². The number of fused-ring (bicyclic) bond motifs is 1. The van der Waals surface area contributed by atoms with Crippen molar-refractivity contribution in [2.75, 3.05) is 5.73 Å². The van der Waals surface area contributed by atoms with Crippen LogP contribution in [0.25, 0.3) is 11.0 Å². The highest BCUT2D eigenvalue weighted by Gasteiger charge is 2.42. The summed E-state index contributed by atoms with van der Waals surface area (Å²) in [7, 11) is 0. The lowest BCUT2D eigenvalue weighted by molar-refractivity contribution is -0.185. The molecule has 158 valence electrons. The minimum atomic E-state index is -4.19. The van der Waals surface area contributed by atoms with Gasteiger partial charge in [-0.15, -0.1) is 0 Å². The number of rotatable bonds is 3. The van der Waals surface area contributed by atoms with E-state index in [0.29, 0.717) is 6.42 Å². The fourth-order valence-corrected chi connectivity index (χ4v) is 4.39. The van der Waals surface area contributed by atoms with E-state index >= 15 is 0 Å². The highest BCUT2D eigenvalue weighted by atomic mass is 19.4. The fraction of sp³-hybridized carbons (Fsp3) is 0.632. The topological polar surface area (TPSA) is 103 Å². The molecule has 7 nitrogen and oxygen atoms in total. The van der Waals surface area contributed by atoms with E-state index in [1.165, 1.54) is 6.07 Å². The monoisotopic (exact) mass is 412 g/mol. The predicted octanol–water partition coefficient (Wildman–Crippen LogP) is 2.96. The van der Waals surface area contributed by atoms with Crippen molar-refractivity contribution in [3.8, 4) is 6.01 Å². The second-order valence-electron chi connectivity index (χ2n) is 7.88. The zero-order valence-corrected chi connectivity index (χ0v) is 15.7. The lowest BCUT2D eigenvalue weighted by Crippen LogP contribution is -2.32. The summed E-state index contributed by atoms with van der Waals surface area (Å²) in [5.74, 6) is -1.35. The van der Waals surface area contributed by atoms with Crippen LogP contribution in [0.5, 0.6) is 6.01 Å². The highest BCUT2D eigenvalue weighted by molar-refractivity contribution is 5.85. The Balaban J connectivity index is 1.62. The third-order valence-corrected chi connectivity index (χ3v) is 5.99. The molecular formula is C19H23F3N4O3. The Kier molecular flexibility index (Phi) is 5.14. The van der Waals surface area contributed by atoms with Crippen LogP contribution >= 0.6 is 0 Å². The Morgan fingerprint density at radius 2 is 1.86 bits per heavy atom. The molecule has 2 aliphatic carbocycles. The van der Waals surface area contributed by atoms with Crippen LogP contribution in [0, 0.1) is 5.92 Å². The number of anilines is 1. The molecule has 0 radical (unpaired) electrons. The quantitative estimate of drug-likeness (QED) is 0.804. The van der Waals surface area contributed by atoms with Gasteiger partial charge < -0.3 is 20.1 Å². The molecule has 0 amide bonds. The van der Waals surface area contributed by atoms with Gasteiger partial charge in [0.05, 0.1) is 18.1 Å². The van der Waals surface area contributed by atoms with Gasteiger partial charge in [-0.05, 0) is 44.9 Å². The van der Waals surface area contributed by atoms with Crippen molar-refractivity contribution in [3.05, 3.63) is 22.5 Å². The van der Waals surface area contributed by atoms with Gasteiger partial charge in [0.25, 0.3) is 0 Å². The third-order valence-electron chi connectivity index (χ3n) is 5.99. The summed E-state index contributed by atoms with van der Waals surface area (Å²) >= 11 is 0. The van der Waals surface area contributed by atoms with Crippen molar-refractivity contribution in [2.24, 2.45) is 5.92 Å². The highest BCUT2D eigenvalue weighted by Crippen LogP contribution is 2.38. The molecule has 2 fully saturated rings. The smallest absolute Gasteiger partial charge is 0.391 e. The van der Waals surface area contributed by atoms with Crippen molar-refractivity contribution in [1.29, 1.82) is 0 Å². The molecule has 2 atom stereocenters. The summed E-state index contributed by atoms with van der Waals surface area (Å²) in [6.45, 7) is 0. The van der Waals surface area contributed by atoms with Gasteiger partial charge in [0.2, 0.25) is 0 Å². The molecule has 0 spiro atoms. The number of nitrogen functional groups attached to an aromatic ring is 1. The first-order chi connectivity index (χ1) is 13.7. The average Bonchev–Trinajstić information content (AvgIpc) is 3.07. The van der Waals surface area contributed by atoms with E-state index in [4.69, 9.17) is 10.5 Å². The summed E-state index contributed by atoms with van der Waals surface area (Å²) < 4.78 is 46.0. The molecule has 2 aromatic rings. The van der Waals surface area contributed by atoms with Crippen molar-refractivity contribution >= 4 is 16.9 Å². The molecule has 2 aliphatic rings. The molecule has 0 aromatic carbocycles. The average molecular weight is 412 g/mol. The molecule has 29 heavy (non-hydrogen) atoms. The number of nitrogens with two attached hydrogens (primary N) is 1. The first-order valence-electron chi connectivity index (χ1n) is 9.84. The van der Waals surface area contributed by atoms with Crippen LogP contribution in [0.3, 0.4) is 0 Å². The number of nitrogens with zero attached hydrogens (tertiary/aromatic N) is 3.